The summed E-state index contributed by atoms with van der Waals surface area (Å²) in [6.07, 6.45) is 2.24. The zero-order valence-corrected chi connectivity index (χ0v) is 9.40. The number of hydrogen-bond donors (Lipinski definition) is 0. The van der Waals surface area contributed by atoms with Crippen LogP contribution in [0.4, 0.5) is 0 Å². The predicted octanol–water partition coefficient (Wildman–Crippen LogP) is 3.83. The second-order valence-corrected chi connectivity index (χ2v) is 4.55. The van der Waals surface area contributed by atoms with Crippen LogP contribution in [0.1, 0.15) is 49.7 Å². The van der Waals surface area contributed by atoms with Gasteiger partial charge in [0.15, 0.2) is 0 Å². The van der Waals surface area contributed by atoms with E-state index >= 15 is 0 Å². The van der Waals surface area contributed by atoms with Gasteiger partial charge in [-0.3, -0.25) is 0 Å². The molecule has 78 valence electrons. The molecule has 1 aromatic carbocycles. The molecular formula is C14H17N. The summed E-state index contributed by atoms with van der Waals surface area (Å²) in [5.74, 6) is 1.44. The third kappa shape index (κ3) is 2.04. The van der Waals surface area contributed by atoms with Gasteiger partial charge in [0.25, 0.3) is 0 Å². The smallest absolute Gasteiger partial charge is 0.0662 e. The highest BCUT2D eigenvalue weighted by molar-refractivity contribution is 5.32. The molecule has 0 radical (unpaired) electrons. The molecule has 1 nitrogen and oxygen atoms in total. The summed E-state index contributed by atoms with van der Waals surface area (Å²) in [5, 5.41) is 8.77. The molecule has 1 saturated carbocycles. The molecule has 1 fully saturated rings. The molecule has 1 aliphatic carbocycles. The molecule has 0 bridgehead atoms. The number of nitrogens with zero attached hydrogens (tertiary/aromatic N) is 1. The van der Waals surface area contributed by atoms with E-state index in [1.807, 2.05) is 0 Å². The molecule has 0 saturated heterocycles. The van der Waals surface area contributed by atoms with Crippen LogP contribution < -0.4 is 0 Å². The molecule has 0 N–H and O–H groups in total. The first kappa shape index (κ1) is 10.2. The Labute approximate surface area is 91.7 Å². The standard InChI is InChI=1S/C14H17N/c1-3-10(2)11-4-6-12(7-5-11)14-8-13(14)9-15/h4-7,10,13-14H,3,8H2,1-2H3. The topological polar surface area (TPSA) is 23.8 Å². The van der Waals surface area contributed by atoms with Gasteiger partial charge < -0.3 is 0 Å². The average molecular weight is 199 g/mol. The minimum absolute atomic E-state index is 0.277. The summed E-state index contributed by atoms with van der Waals surface area (Å²) in [6, 6.07) is 11.2. The van der Waals surface area contributed by atoms with Crippen LogP contribution in [-0.4, -0.2) is 0 Å². The Morgan fingerprint density at radius 2 is 2.07 bits per heavy atom. The van der Waals surface area contributed by atoms with Crippen molar-refractivity contribution in [1.82, 2.24) is 0 Å². The van der Waals surface area contributed by atoms with Gasteiger partial charge in [0, 0.05) is 5.92 Å². The molecule has 0 aromatic heterocycles. The first-order chi connectivity index (χ1) is 7.26. The van der Waals surface area contributed by atoms with E-state index in [2.05, 4.69) is 44.2 Å². The highest BCUT2D eigenvalue weighted by Gasteiger charge is 2.38. The number of benzene rings is 1. The molecule has 15 heavy (non-hydrogen) atoms. The van der Waals surface area contributed by atoms with Crippen LogP contribution in [0.2, 0.25) is 0 Å². The molecule has 2 rings (SSSR count). The normalized spacial score (nSPS) is 25.7. The van der Waals surface area contributed by atoms with Crippen molar-refractivity contribution in [2.75, 3.05) is 0 Å². The van der Waals surface area contributed by atoms with E-state index in [0.717, 1.165) is 6.42 Å². The van der Waals surface area contributed by atoms with Crippen molar-refractivity contribution in [1.29, 1.82) is 5.26 Å². The first-order valence-electron chi connectivity index (χ1n) is 5.75. The number of rotatable bonds is 3. The second kappa shape index (κ2) is 4.06. The Bertz CT molecular complexity index is 371. The van der Waals surface area contributed by atoms with Crippen molar-refractivity contribution in [2.45, 2.75) is 38.5 Å². The van der Waals surface area contributed by atoms with E-state index in [9.17, 15) is 0 Å². The van der Waals surface area contributed by atoms with E-state index in [1.165, 1.54) is 17.5 Å². The van der Waals surface area contributed by atoms with Crippen LogP contribution in [0, 0.1) is 17.2 Å². The molecule has 0 spiro atoms. The van der Waals surface area contributed by atoms with Gasteiger partial charge in [0.2, 0.25) is 0 Å². The van der Waals surface area contributed by atoms with E-state index in [1.54, 1.807) is 0 Å². The van der Waals surface area contributed by atoms with Gasteiger partial charge >= 0.3 is 0 Å². The van der Waals surface area contributed by atoms with Crippen molar-refractivity contribution in [2.24, 2.45) is 5.92 Å². The van der Waals surface area contributed by atoms with Crippen LogP contribution in [0.15, 0.2) is 24.3 Å². The Hall–Kier alpha value is -1.29. The highest BCUT2D eigenvalue weighted by atomic mass is 14.4. The average Bonchev–Trinajstić information content (AvgIpc) is 3.07. The lowest BCUT2D eigenvalue weighted by atomic mass is 9.96. The van der Waals surface area contributed by atoms with Gasteiger partial charge in [-0.05, 0) is 29.9 Å². The third-order valence-electron chi connectivity index (χ3n) is 3.50. The lowest BCUT2D eigenvalue weighted by Crippen LogP contribution is -1.91. The molecular weight excluding hydrogens is 182 g/mol. The molecule has 3 atom stereocenters. The summed E-state index contributed by atoms with van der Waals surface area (Å²) in [6.45, 7) is 4.47. The van der Waals surface area contributed by atoms with Gasteiger partial charge in [0.05, 0.1) is 12.0 Å². The number of hydrogen-bond acceptors (Lipinski definition) is 1. The molecule has 0 heterocycles. The largest absolute Gasteiger partial charge is 0.198 e. The van der Waals surface area contributed by atoms with Crippen molar-refractivity contribution in [3.8, 4) is 6.07 Å². The van der Waals surface area contributed by atoms with Crippen LogP contribution in [0.3, 0.4) is 0 Å². The maximum Gasteiger partial charge on any atom is 0.0662 e. The van der Waals surface area contributed by atoms with E-state index in [0.29, 0.717) is 11.8 Å². The van der Waals surface area contributed by atoms with Gasteiger partial charge in [0.1, 0.15) is 0 Å². The van der Waals surface area contributed by atoms with Crippen LogP contribution in [0.25, 0.3) is 0 Å². The Morgan fingerprint density at radius 3 is 2.53 bits per heavy atom. The lowest BCUT2D eigenvalue weighted by molar-refractivity contribution is 0.733. The molecule has 1 aromatic rings. The summed E-state index contributed by atoms with van der Waals surface area (Å²) in [5.41, 5.74) is 2.75. The summed E-state index contributed by atoms with van der Waals surface area (Å²) < 4.78 is 0. The van der Waals surface area contributed by atoms with Crippen molar-refractivity contribution < 1.29 is 0 Å². The minimum atomic E-state index is 0.277. The summed E-state index contributed by atoms with van der Waals surface area (Å²) >= 11 is 0. The van der Waals surface area contributed by atoms with Gasteiger partial charge in [-0.2, -0.15) is 5.26 Å². The highest BCUT2D eigenvalue weighted by Crippen LogP contribution is 2.46. The summed E-state index contributed by atoms with van der Waals surface area (Å²) in [4.78, 5) is 0. The van der Waals surface area contributed by atoms with Crippen LogP contribution in [0.5, 0.6) is 0 Å². The maximum atomic E-state index is 8.77. The quantitative estimate of drug-likeness (QED) is 0.725. The van der Waals surface area contributed by atoms with Crippen molar-refractivity contribution in [3.05, 3.63) is 35.4 Å². The van der Waals surface area contributed by atoms with E-state index in [4.69, 9.17) is 5.26 Å². The first-order valence-corrected chi connectivity index (χ1v) is 5.75. The van der Waals surface area contributed by atoms with Crippen LogP contribution >= 0.6 is 0 Å². The molecule has 3 unspecified atom stereocenters. The fourth-order valence-corrected chi connectivity index (χ4v) is 2.01. The number of nitriles is 1. The second-order valence-electron chi connectivity index (χ2n) is 4.55. The monoisotopic (exact) mass is 199 g/mol. The molecule has 1 aliphatic rings. The van der Waals surface area contributed by atoms with Crippen LogP contribution in [-0.2, 0) is 0 Å². The fourth-order valence-electron chi connectivity index (χ4n) is 2.01. The Balaban J connectivity index is 2.09. The zero-order valence-electron chi connectivity index (χ0n) is 9.40. The predicted molar refractivity (Wildman–Crippen MR) is 61.6 cm³/mol. The minimum Gasteiger partial charge on any atom is -0.198 e. The SMILES string of the molecule is CCC(C)c1ccc(C2CC2C#N)cc1. The van der Waals surface area contributed by atoms with E-state index in [-0.39, 0.29) is 5.92 Å². The maximum absolute atomic E-state index is 8.77. The lowest BCUT2D eigenvalue weighted by Gasteiger charge is -2.09. The van der Waals surface area contributed by atoms with Crippen molar-refractivity contribution in [3.63, 3.8) is 0 Å². The summed E-state index contributed by atoms with van der Waals surface area (Å²) in [7, 11) is 0. The Kier molecular flexibility index (Phi) is 2.77. The third-order valence-corrected chi connectivity index (χ3v) is 3.50. The van der Waals surface area contributed by atoms with E-state index < -0.39 is 0 Å². The Morgan fingerprint density at radius 1 is 1.40 bits per heavy atom. The molecule has 0 amide bonds. The zero-order chi connectivity index (χ0) is 10.8. The van der Waals surface area contributed by atoms with Gasteiger partial charge in [-0.15, -0.1) is 0 Å². The van der Waals surface area contributed by atoms with Gasteiger partial charge in [-0.25, -0.2) is 0 Å². The fraction of sp³-hybridized carbons (Fsp3) is 0.500. The van der Waals surface area contributed by atoms with Crippen molar-refractivity contribution >= 4 is 0 Å². The molecule has 1 heteroatoms. The van der Waals surface area contributed by atoms with Gasteiger partial charge in [-0.1, -0.05) is 38.1 Å². The molecule has 0 aliphatic heterocycles.